The summed E-state index contributed by atoms with van der Waals surface area (Å²) in [4.78, 5) is 0. The van der Waals surface area contributed by atoms with E-state index in [-0.39, 0.29) is 46.5 Å². The van der Waals surface area contributed by atoms with Crippen molar-refractivity contribution in [1.82, 2.24) is 0 Å². The summed E-state index contributed by atoms with van der Waals surface area (Å²) in [7, 11) is 0. The molecule has 24 heavy (non-hydrogen) atoms. The zero-order chi connectivity index (χ0) is 15.8. The third-order valence-electron chi connectivity index (χ3n) is 3.72. The van der Waals surface area contributed by atoms with Crippen LogP contribution in [0.25, 0.3) is 11.3 Å². The van der Waals surface area contributed by atoms with Gasteiger partial charge in [0.1, 0.15) is 0 Å². The molecule has 0 amide bonds. The van der Waals surface area contributed by atoms with Gasteiger partial charge in [0.2, 0.25) is 0 Å². The van der Waals surface area contributed by atoms with E-state index in [9.17, 15) is 0 Å². The molecule has 0 aromatic heterocycles. The van der Waals surface area contributed by atoms with Gasteiger partial charge in [-0.2, -0.15) is 24.1 Å². The van der Waals surface area contributed by atoms with Gasteiger partial charge in [-0.25, -0.2) is 0 Å². The fraction of sp³-hybridized carbons (Fsp3) is 0.450. The third kappa shape index (κ3) is 8.78. The molecular weight excluding hydrogens is 373 g/mol. The van der Waals surface area contributed by atoms with Crippen LogP contribution in [0, 0.1) is 5.92 Å². The molecule has 1 aromatic carbocycles. The van der Waals surface area contributed by atoms with E-state index < -0.39 is 0 Å². The van der Waals surface area contributed by atoms with Gasteiger partial charge >= 0.3 is 21.7 Å². The Morgan fingerprint density at radius 2 is 1.67 bits per heavy atom. The molecule has 0 aliphatic heterocycles. The molecule has 0 fully saturated rings. The van der Waals surface area contributed by atoms with Gasteiger partial charge in [0.15, 0.2) is 0 Å². The van der Waals surface area contributed by atoms with Gasteiger partial charge in [0.25, 0.3) is 0 Å². The summed E-state index contributed by atoms with van der Waals surface area (Å²) < 4.78 is 0. The van der Waals surface area contributed by atoms with Crippen LogP contribution >= 0.6 is 24.8 Å². The zero-order valence-corrected chi connectivity index (χ0v) is 18.7. The monoisotopic (exact) mass is 403 g/mol. The number of nitrogens with one attached hydrogen (secondary N) is 1. The summed E-state index contributed by atoms with van der Waals surface area (Å²) in [6.45, 7) is 11.5. The second kappa shape index (κ2) is 15.1. The summed E-state index contributed by atoms with van der Waals surface area (Å²) in [5.41, 5.74) is 13.8. The number of hydrogen-bond acceptors (Lipinski definition) is 0. The molecule has 0 radical (unpaired) electrons. The molecule has 1 aliphatic rings. The number of hydrogen-bond donors (Lipinski definition) is 0. The molecular formula is C20H31Cl2NTi. The Kier molecular flexibility index (Phi) is 18.0. The van der Waals surface area contributed by atoms with E-state index >= 15 is 0 Å². The van der Waals surface area contributed by atoms with Crippen molar-refractivity contribution in [3.63, 3.8) is 0 Å². The van der Waals surface area contributed by atoms with Crippen molar-refractivity contribution in [2.45, 2.75) is 53.9 Å². The van der Waals surface area contributed by atoms with Crippen LogP contribution in [0.5, 0.6) is 0 Å². The second-order valence-electron chi connectivity index (χ2n) is 5.98. The molecule has 4 heteroatoms. The SMILES string of the molecule is CC1=CC(C)=C(c2ccccc2[C-](C)C)C1.CCCC[NH-].Cl.Cl.[Ti+2]. The van der Waals surface area contributed by atoms with E-state index in [0.717, 1.165) is 19.3 Å². The Hall–Kier alpha value is -0.176. The van der Waals surface area contributed by atoms with E-state index in [2.05, 4.69) is 65.0 Å². The number of halogens is 2. The first-order chi connectivity index (χ1) is 10.0. The van der Waals surface area contributed by atoms with E-state index in [1.54, 1.807) is 0 Å². The summed E-state index contributed by atoms with van der Waals surface area (Å²) in [6, 6.07) is 8.72. The molecule has 1 aromatic rings. The van der Waals surface area contributed by atoms with E-state index in [4.69, 9.17) is 5.73 Å². The molecule has 0 saturated carbocycles. The van der Waals surface area contributed by atoms with E-state index in [1.165, 1.54) is 33.8 Å². The summed E-state index contributed by atoms with van der Waals surface area (Å²) >= 11 is 0. The third-order valence-corrected chi connectivity index (χ3v) is 3.72. The Morgan fingerprint density at radius 1 is 1.08 bits per heavy atom. The second-order valence-corrected chi connectivity index (χ2v) is 5.98. The van der Waals surface area contributed by atoms with Gasteiger partial charge < -0.3 is 5.73 Å². The maximum Gasteiger partial charge on any atom is 2.00 e. The average molecular weight is 404 g/mol. The van der Waals surface area contributed by atoms with Crippen LogP contribution in [0.3, 0.4) is 0 Å². The topological polar surface area (TPSA) is 23.8 Å². The fourth-order valence-electron chi connectivity index (χ4n) is 2.59. The van der Waals surface area contributed by atoms with Gasteiger partial charge in [0, 0.05) is 0 Å². The van der Waals surface area contributed by atoms with Crippen molar-refractivity contribution >= 4 is 30.4 Å². The summed E-state index contributed by atoms with van der Waals surface area (Å²) in [5.74, 6) is 1.39. The number of unbranched alkanes of at least 4 members (excludes halogenated alkanes) is 1. The molecule has 1 nitrogen and oxygen atoms in total. The Labute approximate surface area is 176 Å². The van der Waals surface area contributed by atoms with Crippen molar-refractivity contribution < 1.29 is 21.7 Å². The van der Waals surface area contributed by atoms with Crippen molar-refractivity contribution in [2.75, 3.05) is 6.54 Å². The molecule has 1 N–H and O–H groups in total. The summed E-state index contributed by atoms with van der Waals surface area (Å²) in [5, 5.41) is 0. The summed E-state index contributed by atoms with van der Waals surface area (Å²) in [6.07, 6.45) is 5.62. The van der Waals surface area contributed by atoms with E-state index in [0.29, 0.717) is 6.54 Å². The van der Waals surface area contributed by atoms with Gasteiger partial charge in [-0.15, -0.1) is 42.5 Å². The minimum absolute atomic E-state index is 0. The van der Waals surface area contributed by atoms with Crippen molar-refractivity contribution in [3.8, 4) is 0 Å². The molecule has 0 unspecified atom stereocenters. The van der Waals surface area contributed by atoms with Crippen LogP contribution in [0.1, 0.15) is 65.0 Å². The molecule has 2 rings (SSSR count). The Bertz CT molecular complexity index is 520. The number of rotatable bonds is 4. The van der Waals surface area contributed by atoms with Gasteiger partial charge in [0.05, 0.1) is 0 Å². The number of allylic oxidation sites excluding steroid dienone is 4. The van der Waals surface area contributed by atoms with Crippen LogP contribution < -0.4 is 0 Å². The van der Waals surface area contributed by atoms with Crippen LogP contribution in [0.15, 0.2) is 41.5 Å². The van der Waals surface area contributed by atoms with Crippen molar-refractivity contribution in [1.29, 1.82) is 0 Å². The van der Waals surface area contributed by atoms with Gasteiger partial charge in [-0.3, -0.25) is 0 Å². The molecule has 0 saturated heterocycles. The molecule has 0 spiro atoms. The minimum atomic E-state index is 0. The van der Waals surface area contributed by atoms with Crippen LogP contribution in [-0.2, 0) is 21.7 Å². The first kappa shape index (κ1) is 28.6. The van der Waals surface area contributed by atoms with Crippen LogP contribution in [0.4, 0.5) is 0 Å². The first-order valence-corrected chi connectivity index (χ1v) is 7.92. The van der Waals surface area contributed by atoms with Gasteiger partial charge in [-0.05, 0) is 20.3 Å². The number of benzene rings is 1. The zero-order valence-electron chi connectivity index (χ0n) is 15.5. The van der Waals surface area contributed by atoms with Gasteiger partial charge in [-0.1, -0.05) is 62.5 Å². The first-order valence-electron chi connectivity index (χ1n) is 7.92. The predicted molar refractivity (Wildman–Crippen MR) is 110 cm³/mol. The van der Waals surface area contributed by atoms with Crippen LogP contribution in [0.2, 0.25) is 0 Å². The van der Waals surface area contributed by atoms with Crippen molar-refractivity contribution in [3.05, 3.63) is 64.3 Å². The molecule has 0 heterocycles. The standard InChI is InChI=1S/C16H19.C4H10N.2ClH.Ti/c1-11(2)14-7-5-6-8-15(14)16-10-12(3)9-13(16)4;1-2-3-4-5;;;/h5-9H,10H2,1-4H3;5H,2-4H2,1H3;2*1H;/q2*-1;;;+2. The Morgan fingerprint density at radius 3 is 2.04 bits per heavy atom. The molecule has 1 aliphatic carbocycles. The minimum Gasteiger partial charge on any atom is -0.677 e. The smallest absolute Gasteiger partial charge is 0.677 e. The van der Waals surface area contributed by atoms with Crippen molar-refractivity contribution in [2.24, 2.45) is 0 Å². The molecule has 134 valence electrons. The maximum atomic E-state index is 6.60. The van der Waals surface area contributed by atoms with Crippen LogP contribution in [-0.4, -0.2) is 6.54 Å². The Balaban J connectivity index is -0.000000490. The van der Waals surface area contributed by atoms with E-state index in [1.807, 2.05) is 0 Å². The fourth-order valence-corrected chi connectivity index (χ4v) is 2.59. The quantitative estimate of drug-likeness (QED) is 0.368. The average Bonchev–Trinajstić information content (AvgIpc) is 2.79. The molecule has 0 bridgehead atoms. The predicted octanol–water partition coefficient (Wildman–Crippen LogP) is 7.45. The normalized spacial score (nSPS) is 12.0. The maximum absolute atomic E-state index is 6.60. The largest absolute Gasteiger partial charge is 2.00 e. The molecule has 0 atom stereocenters.